The first-order valence-electron chi connectivity index (χ1n) is 12.3. The Hall–Kier alpha value is -4.13. The summed E-state index contributed by atoms with van der Waals surface area (Å²) >= 11 is 0. The first-order chi connectivity index (χ1) is 17.5. The van der Waals surface area contributed by atoms with Crippen LogP contribution in [0, 0.1) is 12.8 Å². The average Bonchev–Trinajstić information content (AvgIpc) is 2.88. The molecule has 5 rings (SSSR count). The number of fused-ring (bicyclic) bond motifs is 1. The maximum Gasteiger partial charge on any atom is 0.407 e. The van der Waals surface area contributed by atoms with Crippen LogP contribution in [0.1, 0.15) is 24.0 Å². The molecule has 0 aliphatic carbocycles. The standard InChI is InChI=1S/C29H30N4O3/c1-20-13-14-23-25(16-20)30-27(24-11-5-6-12-26(24)34)31-28(23)32-15-7-10-22(18-32)19-33(29(35)36)17-21-8-3-2-4-9-21/h2-6,8-9,11-14,16,22,34H,7,10,15,17-19H2,1H3,(H,35,36)/t22-/m1/s1. The molecular formula is C29H30N4O3. The summed E-state index contributed by atoms with van der Waals surface area (Å²) in [5.41, 5.74) is 3.51. The number of phenolic OH excluding ortho intramolecular Hbond substituents is 1. The van der Waals surface area contributed by atoms with E-state index in [1.807, 2.05) is 55.5 Å². The number of hydrogen-bond acceptors (Lipinski definition) is 5. The summed E-state index contributed by atoms with van der Waals surface area (Å²) in [7, 11) is 0. The molecule has 0 unspecified atom stereocenters. The molecule has 0 radical (unpaired) electrons. The second kappa shape index (κ2) is 10.2. The molecule has 3 aromatic carbocycles. The number of benzene rings is 3. The Kier molecular flexibility index (Phi) is 6.71. The number of phenols is 1. The van der Waals surface area contributed by atoms with E-state index in [0.717, 1.165) is 47.2 Å². The zero-order chi connectivity index (χ0) is 25.1. The summed E-state index contributed by atoms with van der Waals surface area (Å²) in [4.78, 5) is 25.5. The van der Waals surface area contributed by atoms with E-state index in [1.54, 1.807) is 12.1 Å². The Labute approximate surface area is 210 Å². The minimum Gasteiger partial charge on any atom is -0.507 e. The summed E-state index contributed by atoms with van der Waals surface area (Å²) in [6, 6.07) is 23.0. The SMILES string of the molecule is Cc1ccc2c(N3CCC[C@@H](CN(Cc4ccccc4)C(=O)O)C3)nc(-c3ccccc3O)nc2c1. The van der Waals surface area contributed by atoms with Gasteiger partial charge in [-0.2, -0.15) is 0 Å². The van der Waals surface area contributed by atoms with Gasteiger partial charge >= 0.3 is 6.09 Å². The van der Waals surface area contributed by atoms with Crippen LogP contribution in [0.25, 0.3) is 22.3 Å². The topological polar surface area (TPSA) is 89.8 Å². The number of hydrogen-bond donors (Lipinski definition) is 2. The van der Waals surface area contributed by atoms with E-state index in [0.29, 0.717) is 31.0 Å². The summed E-state index contributed by atoms with van der Waals surface area (Å²) in [5, 5.41) is 21.3. The first-order valence-corrected chi connectivity index (χ1v) is 12.3. The normalized spacial score (nSPS) is 15.7. The van der Waals surface area contributed by atoms with Gasteiger partial charge in [0, 0.05) is 31.6 Å². The lowest BCUT2D eigenvalue weighted by molar-refractivity contribution is 0.131. The van der Waals surface area contributed by atoms with Crippen molar-refractivity contribution in [3.8, 4) is 17.1 Å². The number of aromatic hydroxyl groups is 1. The first kappa shape index (κ1) is 23.6. The van der Waals surface area contributed by atoms with E-state index in [4.69, 9.17) is 9.97 Å². The average molecular weight is 483 g/mol. The molecule has 1 amide bonds. The summed E-state index contributed by atoms with van der Waals surface area (Å²) in [6.07, 6.45) is 1.01. The fourth-order valence-electron chi connectivity index (χ4n) is 4.98. The molecule has 0 saturated carbocycles. The van der Waals surface area contributed by atoms with Crippen molar-refractivity contribution in [3.63, 3.8) is 0 Å². The Bertz CT molecular complexity index is 1380. The Balaban J connectivity index is 1.45. The smallest absolute Gasteiger partial charge is 0.407 e. The number of anilines is 1. The molecular weight excluding hydrogens is 452 g/mol. The van der Waals surface area contributed by atoms with Gasteiger partial charge in [0.1, 0.15) is 11.6 Å². The molecule has 1 fully saturated rings. The van der Waals surface area contributed by atoms with Crippen molar-refractivity contribution >= 4 is 22.8 Å². The van der Waals surface area contributed by atoms with Crippen molar-refractivity contribution < 1.29 is 15.0 Å². The molecule has 4 aromatic rings. The molecule has 36 heavy (non-hydrogen) atoms. The van der Waals surface area contributed by atoms with E-state index in [9.17, 15) is 15.0 Å². The maximum absolute atomic E-state index is 12.0. The van der Waals surface area contributed by atoms with Gasteiger partial charge in [-0.1, -0.05) is 48.5 Å². The monoisotopic (exact) mass is 482 g/mol. The fraction of sp³-hybridized carbons (Fsp3) is 0.276. The van der Waals surface area contributed by atoms with E-state index >= 15 is 0 Å². The van der Waals surface area contributed by atoms with Crippen molar-refractivity contribution in [3.05, 3.63) is 83.9 Å². The quantitative estimate of drug-likeness (QED) is 0.366. The number of aromatic nitrogens is 2. The Morgan fingerprint density at radius 1 is 1.06 bits per heavy atom. The van der Waals surface area contributed by atoms with Crippen molar-refractivity contribution in [2.24, 2.45) is 5.92 Å². The van der Waals surface area contributed by atoms with Gasteiger partial charge in [0.15, 0.2) is 5.82 Å². The molecule has 7 nitrogen and oxygen atoms in total. The van der Waals surface area contributed by atoms with Crippen molar-refractivity contribution in [2.45, 2.75) is 26.3 Å². The van der Waals surface area contributed by atoms with Gasteiger partial charge in [-0.25, -0.2) is 14.8 Å². The molecule has 1 aromatic heterocycles. The van der Waals surface area contributed by atoms with Gasteiger partial charge in [0.25, 0.3) is 0 Å². The van der Waals surface area contributed by atoms with Gasteiger partial charge in [0.05, 0.1) is 11.1 Å². The van der Waals surface area contributed by atoms with Crippen LogP contribution in [0.15, 0.2) is 72.8 Å². The van der Waals surface area contributed by atoms with Crippen LogP contribution in [-0.4, -0.2) is 50.8 Å². The third-order valence-corrected chi connectivity index (χ3v) is 6.76. The highest BCUT2D eigenvalue weighted by atomic mass is 16.4. The number of carboxylic acid groups (broad SMARTS) is 1. The molecule has 1 saturated heterocycles. The molecule has 2 heterocycles. The largest absolute Gasteiger partial charge is 0.507 e. The number of para-hydroxylation sites is 1. The Morgan fingerprint density at radius 3 is 2.61 bits per heavy atom. The van der Waals surface area contributed by atoms with Crippen LogP contribution >= 0.6 is 0 Å². The Morgan fingerprint density at radius 2 is 1.83 bits per heavy atom. The number of rotatable bonds is 6. The van der Waals surface area contributed by atoms with Crippen LogP contribution in [0.5, 0.6) is 5.75 Å². The van der Waals surface area contributed by atoms with E-state index in [2.05, 4.69) is 17.0 Å². The van der Waals surface area contributed by atoms with E-state index in [1.165, 1.54) is 4.90 Å². The molecule has 1 aliphatic heterocycles. The van der Waals surface area contributed by atoms with E-state index in [-0.39, 0.29) is 11.7 Å². The molecule has 7 heteroatoms. The molecule has 0 bridgehead atoms. The maximum atomic E-state index is 12.0. The van der Waals surface area contributed by atoms with Gasteiger partial charge in [0.2, 0.25) is 0 Å². The minimum absolute atomic E-state index is 0.144. The second-order valence-electron chi connectivity index (χ2n) is 9.51. The lowest BCUT2D eigenvalue weighted by Crippen LogP contribution is -2.42. The molecule has 0 spiro atoms. The molecule has 184 valence electrons. The summed E-state index contributed by atoms with van der Waals surface area (Å²) in [6.45, 7) is 4.42. The number of amides is 1. The summed E-state index contributed by atoms with van der Waals surface area (Å²) in [5.74, 6) is 1.64. The highest BCUT2D eigenvalue weighted by molar-refractivity contribution is 5.92. The van der Waals surface area contributed by atoms with Gasteiger partial charge < -0.3 is 20.0 Å². The van der Waals surface area contributed by atoms with Gasteiger partial charge in [-0.05, 0) is 61.1 Å². The van der Waals surface area contributed by atoms with Crippen LogP contribution in [0.2, 0.25) is 0 Å². The van der Waals surface area contributed by atoms with Crippen LogP contribution in [-0.2, 0) is 6.54 Å². The van der Waals surface area contributed by atoms with Crippen molar-refractivity contribution in [1.29, 1.82) is 0 Å². The summed E-state index contributed by atoms with van der Waals surface area (Å²) < 4.78 is 0. The molecule has 1 aliphatic rings. The predicted molar refractivity (Wildman–Crippen MR) is 141 cm³/mol. The van der Waals surface area contributed by atoms with Crippen LogP contribution < -0.4 is 4.90 Å². The lowest BCUT2D eigenvalue weighted by atomic mass is 9.96. The highest BCUT2D eigenvalue weighted by Gasteiger charge is 2.27. The van der Waals surface area contributed by atoms with Crippen molar-refractivity contribution in [2.75, 3.05) is 24.5 Å². The number of piperidine rings is 1. The molecule has 1 atom stereocenters. The van der Waals surface area contributed by atoms with Crippen molar-refractivity contribution in [1.82, 2.24) is 14.9 Å². The fourth-order valence-corrected chi connectivity index (χ4v) is 4.98. The van der Waals surface area contributed by atoms with Gasteiger partial charge in [-0.15, -0.1) is 0 Å². The third-order valence-electron chi connectivity index (χ3n) is 6.76. The van der Waals surface area contributed by atoms with Crippen LogP contribution in [0.4, 0.5) is 10.6 Å². The second-order valence-corrected chi connectivity index (χ2v) is 9.51. The number of aryl methyl sites for hydroxylation is 1. The molecule has 2 N–H and O–H groups in total. The number of nitrogens with zero attached hydrogens (tertiary/aromatic N) is 4. The highest BCUT2D eigenvalue weighted by Crippen LogP contribution is 2.33. The minimum atomic E-state index is -0.902. The number of carbonyl (C=O) groups is 1. The third kappa shape index (κ3) is 5.10. The predicted octanol–water partition coefficient (Wildman–Crippen LogP) is 5.71. The van der Waals surface area contributed by atoms with Gasteiger partial charge in [-0.3, -0.25) is 0 Å². The van der Waals surface area contributed by atoms with E-state index < -0.39 is 6.09 Å². The zero-order valence-electron chi connectivity index (χ0n) is 20.3. The lowest BCUT2D eigenvalue weighted by Gasteiger charge is -2.36. The zero-order valence-corrected chi connectivity index (χ0v) is 20.3. The van der Waals surface area contributed by atoms with Crippen LogP contribution in [0.3, 0.4) is 0 Å².